The van der Waals surface area contributed by atoms with E-state index in [0.717, 1.165) is 8.95 Å². The van der Waals surface area contributed by atoms with Crippen LogP contribution in [0.2, 0.25) is 0 Å². The predicted octanol–water partition coefficient (Wildman–Crippen LogP) is 2.43. The first-order valence-corrected chi connectivity index (χ1v) is 5.50. The van der Waals surface area contributed by atoms with E-state index in [2.05, 4.69) is 42.0 Å². The van der Waals surface area contributed by atoms with Crippen molar-refractivity contribution < 1.29 is 4.52 Å². The highest BCUT2D eigenvalue weighted by Crippen LogP contribution is 2.34. The molecule has 0 aliphatic rings. The van der Waals surface area contributed by atoms with E-state index in [1.54, 1.807) is 6.07 Å². The second kappa shape index (κ2) is 3.82. The Morgan fingerprint density at radius 2 is 1.93 bits per heavy atom. The van der Waals surface area contributed by atoms with Crippen LogP contribution in [0.3, 0.4) is 0 Å². The Hall–Kier alpha value is -1.08. The molecule has 5 nitrogen and oxygen atoms in total. The summed E-state index contributed by atoms with van der Waals surface area (Å²) in [7, 11) is 0. The number of aromatic nitrogens is 2. The van der Waals surface area contributed by atoms with Gasteiger partial charge in [0.15, 0.2) is 0 Å². The molecule has 0 unspecified atom stereocenters. The Morgan fingerprint density at radius 3 is 2.53 bits per heavy atom. The van der Waals surface area contributed by atoms with Crippen molar-refractivity contribution in [2.45, 2.75) is 0 Å². The van der Waals surface area contributed by atoms with Gasteiger partial charge in [0.05, 0.1) is 11.3 Å². The summed E-state index contributed by atoms with van der Waals surface area (Å²) in [6, 6.07) is 3.62. The maximum Gasteiger partial charge on any atom is 0.261 e. The molecular weight excluding hydrogens is 328 g/mol. The van der Waals surface area contributed by atoms with Gasteiger partial charge < -0.3 is 16.0 Å². The Labute approximate surface area is 102 Å². The van der Waals surface area contributed by atoms with Gasteiger partial charge in [0.25, 0.3) is 11.8 Å². The number of hydrogen-bond acceptors (Lipinski definition) is 5. The van der Waals surface area contributed by atoms with Gasteiger partial charge in [0.1, 0.15) is 0 Å². The molecule has 1 aromatic carbocycles. The fourth-order valence-electron chi connectivity index (χ4n) is 1.11. The molecule has 0 bridgehead atoms. The van der Waals surface area contributed by atoms with Crippen LogP contribution in [0.15, 0.2) is 25.6 Å². The summed E-state index contributed by atoms with van der Waals surface area (Å²) in [6.45, 7) is 0. The van der Waals surface area contributed by atoms with Gasteiger partial charge >= 0.3 is 0 Å². The highest BCUT2D eigenvalue weighted by molar-refractivity contribution is 9.11. The van der Waals surface area contributed by atoms with Crippen molar-refractivity contribution in [3.8, 4) is 11.5 Å². The van der Waals surface area contributed by atoms with E-state index < -0.39 is 0 Å². The number of hydrogen-bond donors (Lipinski definition) is 2. The highest BCUT2D eigenvalue weighted by atomic mass is 79.9. The van der Waals surface area contributed by atoms with Gasteiger partial charge in [-0.15, -0.1) is 0 Å². The third-order valence-electron chi connectivity index (χ3n) is 1.77. The monoisotopic (exact) mass is 332 g/mol. The molecule has 0 radical (unpaired) electrons. The molecular formula is C8H6Br2N4O. The molecule has 0 atom stereocenters. The van der Waals surface area contributed by atoms with Gasteiger partial charge in [-0.25, -0.2) is 0 Å². The van der Waals surface area contributed by atoms with E-state index in [1.165, 1.54) is 0 Å². The van der Waals surface area contributed by atoms with E-state index in [1.807, 2.05) is 6.07 Å². The minimum Gasteiger partial charge on any atom is -0.397 e. The number of anilines is 2. The van der Waals surface area contributed by atoms with E-state index in [0.29, 0.717) is 17.1 Å². The van der Waals surface area contributed by atoms with Gasteiger partial charge in [-0.1, -0.05) is 15.9 Å². The van der Waals surface area contributed by atoms with E-state index >= 15 is 0 Å². The zero-order valence-electron chi connectivity index (χ0n) is 7.37. The van der Waals surface area contributed by atoms with E-state index in [9.17, 15) is 0 Å². The van der Waals surface area contributed by atoms with Gasteiger partial charge in [-0.2, -0.15) is 4.98 Å². The van der Waals surface area contributed by atoms with Crippen LogP contribution in [0, 0.1) is 0 Å². The van der Waals surface area contributed by atoms with Crippen molar-refractivity contribution in [3.05, 3.63) is 21.1 Å². The Kier molecular flexibility index (Phi) is 2.66. The molecule has 0 aliphatic heterocycles. The summed E-state index contributed by atoms with van der Waals surface area (Å²) in [5.41, 5.74) is 12.4. The molecule has 0 spiro atoms. The Morgan fingerprint density at radius 1 is 1.20 bits per heavy atom. The van der Waals surface area contributed by atoms with Crippen LogP contribution >= 0.6 is 31.9 Å². The van der Waals surface area contributed by atoms with Gasteiger partial charge in [-0.3, -0.25) is 0 Å². The van der Waals surface area contributed by atoms with Crippen LogP contribution in [0.1, 0.15) is 0 Å². The zero-order chi connectivity index (χ0) is 11.0. The number of rotatable bonds is 1. The fraction of sp³-hybridized carbons (Fsp3) is 0. The number of halogens is 2. The summed E-state index contributed by atoms with van der Waals surface area (Å²) >= 11 is 6.67. The fourth-order valence-corrected chi connectivity index (χ4v) is 2.33. The predicted molar refractivity (Wildman–Crippen MR) is 64.0 cm³/mol. The lowest BCUT2D eigenvalue weighted by Crippen LogP contribution is -1.92. The summed E-state index contributed by atoms with van der Waals surface area (Å²) in [5, 5.41) is 3.50. The van der Waals surface area contributed by atoms with Crippen LogP contribution in [-0.4, -0.2) is 10.1 Å². The third kappa shape index (κ3) is 1.98. The lowest BCUT2D eigenvalue weighted by atomic mass is 10.2. The highest BCUT2D eigenvalue weighted by Gasteiger charge is 2.13. The van der Waals surface area contributed by atoms with Crippen molar-refractivity contribution in [2.24, 2.45) is 0 Å². The zero-order valence-corrected chi connectivity index (χ0v) is 10.5. The number of nitrogens with zero attached hydrogens (tertiary/aromatic N) is 2. The van der Waals surface area contributed by atoms with Crippen LogP contribution in [0.25, 0.3) is 11.5 Å². The van der Waals surface area contributed by atoms with Crippen LogP contribution in [-0.2, 0) is 0 Å². The first-order chi connectivity index (χ1) is 7.08. The molecule has 0 aliphatic carbocycles. The standard InChI is InChI=1S/C8H6Br2N4O/c9-3-1-4(6(11)5(10)2-3)7-13-8(12)14-15-7/h1-2H,11H2,(H2,12,14). The maximum atomic E-state index is 5.86. The van der Waals surface area contributed by atoms with Gasteiger partial charge in [-0.05, 0) is 33.2 Å². The van der Waals surface area contributed by atoms with Crippen molar-refractivity contribution in [2.75, 3.05) is 11.5 Å². The third-order valence-corrected chi connectivity index (χ3v) is 2.88. The average Bonchev–Trinajstić information content (AvgIpc) is 2.58. The molecule has 2 aromatic rings. The average molecular weight is 334 g/mol. The molecule has 15 heavy (non-hydrogen) atoms. The Bertz CT molecular complexity index is 511. The topological polar surface area (TPSA) is 91.0 Å². The normalized spacial score (nSPS) is 10.5. The van der Waals surface area contributed by atoms with Gasteiger partial charge in [0, 0.05) is 8.95 Å². The molecule has 2 rings (SSSR count). The molecule has 0 saturated heterocycles. The number of nitrogens with two attached hydrogens (primary N) is 2. The summed E-state index contributed by atoms with van der Waals surface area (Å²) in [6.07, 6.45) is 0. The summed E-state index contributed by atoms with van der Waals surface area (Å²) in [4.78, 5) is 3.90. The van der Waals surface area contributed by atoms with Crippen LogP contribution in [0.4, 0.5) is 11.6 Å². The summed E-state index contributed by atoms with van der Waals surface area (Å²) < 4.78 is 6.54. The minimum absolute atomic E-state index is 0.0838. The molecule has 4 N–H and O–H groups in total. The molecule has 0 fully saturated rings. The largest absolute Gasteiger partial charge is 0.397 e. The number of nitrogen functional groups attached to an aromatic ring is 2. The lowest BCUT2D eigenvalue weighted by molar-refractivity contribution is 0.433. The molecule has 7 heteroatoms. The smallest absolute Gasteiger partial charge is 0.261 e. The van der Waals surface area contributed by atoms with Crippen molar-refractivity contribution in [1.29, 1.82) is 0 Å². The van der Waals surface area contributed by atoms with Crippen molar-refractivity contribution in [3.63, 3.8) is 0 Å². The van der Waals surface area contributed by atoms with Crippen molar-refractivity contribution in [1.82, 2.24) is 10.1 Å². The molecule has 78 valence electrons. The van der Waals surface area contributed by atoms with Crippen LogP contribution < -0.4 is 11.5 Å². The Balaban J connectivity index is 2.62. The molecule has 0 amide bonds. The minimum atomic E-state index is 0.0838. The van der Waals surface area contributed by atoms with Crippen molar-refractivity contribution >= 4 is 43.5 Å². The molecule has 1 heterocycles. The second-order valence-corrected chi connectivity index (χ2v) is 4.58. The van der Waals surface area contributed by atoms with Gasteiger partial charge in [0.2, 0.25) is 0 Å². The first-order valence-electron chi connectivity index (χ1n) is 3.92. The second-order valence-electron chi connectivity index (χ2n) is 2.81. The summed E-state index contributed by atoms with van der Waals surface area (Å²) in [5.74, 6) is 0.382. The quantitative estimate of drug-likeness (QED) is 0.782. The lowest BCUT2D eigenvalue weighted by Gasteiger charge is -2.03. The SMILES string of the molecule is Nc1noc(-c2cc(Br)cc(Br)c2N)n1. The maximum absolute atomic E-state index is 5.86. The number of benzene rings is 1. The first kappa shape index (κ1) is 10.4. The van der Waals surface area contributed by atoms with E-state index in [4.69, 9.17) is 16.0 Å². The van der Waals surface area contributed by atoms with E-state index in [-0.39, 0.29) is 5.95 Å². The van der Waals surface area contributed by atoms with Crippen LogP contribution in [0.5, 0.6) is 0 Å². The molecule has 0 saturated carbocycles. The molecule has 1 aromatic heterocycles.